The molecule has 5 nitrogen and oxygen atoms in total. The molecule has 2 aromatic rings. The SMILES string of the molecule is CCCCCOc1ccc(C(=O)Nc2cccc(C(=O)NC3CCCCC3)c2)cc1. The predicted molar refractivity (Wildman–Crippen MR) is 120 cm³/mol. The number of amides is 2. The van der Waals surface area contributed by atoms with Crippen LogP contribution in [-0.4, -0.2) is 24.5 Å². The van der Waals surface area contributed by atoms with E-state index in [-0.39, 0.29) is 17.9 Å². The quantitative estimate of drug-likeness (QED) is 0.533. The molecule has 0 unspecified atom stereocenters. The topological polar surface area (TPSA) is 67.4 Å². The maximum absolute atomic E-state index is 12.6. The highest BCUT2D eigenvalue weighted by molar-refractivity contribution is 6.05. The molecular formula is C25H32N2O3. The summed E-state index contributed by atoms with van der Waals surface area (Å²) in [7, 11) is 0. The highest BCUT2D eigenvalue weighted by atomic mass is 16.5. The lowest BCUT2D eigenvalue weighted by Gasteiger charge is -2.22. The maximum Gasteiger partial charge on any atom is 0.255 e. The van der Waals surface area contributed by atoms with Crippen LogP contribution in [0.15, 0.2) is 48.5 Å². The molecule has 1 aliphatic carbocycles. The Balaban J connectivity index is 1.54. The van der Waals surface area contributed by atoms with Crippen molar-refractivity contribution in [1.82, 2.24) is 5.32 Å². The van der Waals surface area contributed by atoms with E-state index in [9.17, 15) is 9.59 Å². The number of anilines is 1. The van der Waals surface area contributed by atoms with E-state index in [1.165, 1.54) is 19.3 Å². The molecule has 5 heteroatoms. The Morgan fingerprint density at radius 2 is 1.70 bits per heavy atom. The number of hydrogen-bond acceptors (Lipinski definition) is 3. The van der Waals surface area contributed by atoms with Crippen molar-refractivity contribution in [3.05, 3.63) is 59.7 Å². The third-order valence-corrected chi connectivity index (χ3v) is 5.46. The number of unbranched alkanes of at least 4 members (excludes halogenated alkanes) is 2. The van der Waals surface area contributed by atoms with Gasteiger partial charge in [0.2, 0.25) is 0 Å². The van der Waals surface area contributed by atoms with Crippen LogP contribution in [0.3, 0.4) is 0 Å². The van der Waals surface area contributed by atoms with E-state index in [1.807, 2.05) is 12.1 Å². The second kappa shape index (κ2) is 11.4. The first-order chi connectivity index (χ1) is 14.7. The minimum absolute atomic E-state index is 0.0810. The van der Waals surface area contributed by atoms with E-state index in [2.05, 4.69) is 17.6 Å². The zero-order valence-corrected chi connectivity index (χ0v) is 17.8. The molecule has 2 amide bonds. The van der Waals surface area contributed by atoms with E-state index < -0.39 is 0 Å². The van der Waals surface area contributed by atoms with Crippen LogP contribution in [0.1, 0.15) is 79.0 Å². The van der Waals surface area contributed by atoms with Crippen molar-refractivity contribution in [2.45, 2.75) is 64.3 Å². The zero-order chi connectivity index (χ0) is 21.2. The van der Waals surface area contributed by atoms with E-state index in [0.717, 1.165) is 37.9 Å². The van der Waals surface area contributed by atoms with Crippen molar-refractivity contribution in [2.75, 3.05) is 11.9 Å². The molecule has 0 bridgehead atoms. The average molecular weight is 409 g/mol. The maximum atomic E-state index is 12.6. The fourth-order valence-corrected chi connectivity index (χ4v) is 3.70. The Hall–Kier alpha value is -2.82. The number of rotatable bonds is 9. The van der Waals surface area contributed by atoms with Gasteiger partial charge in [0, 0.05) is 22.9 Å². The molecule has 0 aliphatic heterocycles. The summed E-state index contributed by atoms with van der Waals surface area (Å²) in [4.78, 5) is 25.1. The van der Waals surface area contributed by atoms with E-state index in [1.54, 1.807) is 36.4 Å². The second-order valence-electron chi connectivity index (χ2n) is 7.92. The van der Waals surface area contributed by atoms with Crippen molar-refractivity contribution in [3.63, 3.8) is 0 Å². The van der Waals surface area contributed by atoms with Gasteiger partial charge in [-0.3, -0.25) is 9.59 Å². The summed E-state index contributed by atoms with van der Waals surface area (Å²) in [5.41, 5.74) is 1.72. The lowest BCUT2D eigenvalue weighted by Crippen LogP contribution is -2.36. The summed E-state index contributed by atoms with van der Waals surface area (Å²) < 4.78 is 5.69. The van der Waals surface area contributed by atoms with Gasteiger partial charge in [0.25, 0.3) is 11.8 Å². The summed E-state index contributed by atoms with van der Waals surface area (Å²) in [6.07, 6.45) is 9.02. The Morgan fingerprint density at radius 3 is 2.43 bits per heavy atom. The molecule has 160 valence electrons. The number of carbonyl (C=O) groups excluding carboxylic acids is 2. The van der Waals surface area contributed by atoms with Crippen molar-refractivity contribution < 1.29 is 14.3 Å². The van der Waals surface area contributed by atoms with Crippen LogP contribution >= 0.6 is 0 Å². The molecular weight excluding hydrogens is 376 g/mol. The monoisotopic (exact) mass is 408 g/mol. The highest BCUT2D eigenvalue weighted by Gasteiger charge is 2.17. The highest BCUT2D eigenvalue weighted by Crippen LogP contribution is 2.19. The number of hydrogen-bond donors (Lipinski definition) is 2. The third-order valence-electron chi connectivity index (χ3n) is 5.46. The second-order valence-corrected chi connectivity index (χ2v) is 7.92. The summed E-state index contributed by atoms with van der Waals surface area (Å²) >= 11 is 0. The van der Waals surface area contributed by atoms with Crippen LogP contribution < -0.4 is 15.4 Å². The van der Waals surface area contributed by atoms with Crippen LogP contribution in [0.2, 0.25) is 0 Å². The Bertz CT molecular complexity index is 827. The molecule has 1 aliphatic rings. The third kappa shape index (κ3) is 6.61. The van der Waals surface area contributed by atoms with Gasteiger partial charge in [-0.25, -0.2) is 0 Å². The normalized spacial score (nSPS) is 14.2. The molecule has 1 saturated carbocycles. The molecule has 30 heavy (non-hydrogen) atoms. The summed E-state index contributed by atoms with van der Waals surface area (Å²) in [6, 6.07) is 14.5. The number of carbonyl (C=O) groups is 2. The molecule has 0 radical (unpaired) electrons. The minimum Gasteiger partial charge on any atom is -0.494 e. The zero-order valence-electron chi connectivity index (χ0n) is 17.8. The van der Waals surface area contributed by atoms with Gasteiger partial charge in [0.15, 0.2) is 0 Å². The first-order valence-corrected chi connectivity index (χ1v) is 11.1. The molecule has 0 heterocycles. The van der Waals surface area contributed by atoms with Crippen molar-refractivity contribution >= 4 is 17.5 Å². The van der Waals surface area contributed by atoms with Crippen molar-refractivity contribution in [3.8, 4) is 5.75 Å². The van der Waals surface area contributed by atoms with Crippen LogP contribution in [-0.2, 0) is 0 Å². The largest absolute Gasteiger partial charge is 0.494 e. The lowest BCUT2D eigenvalue weighted by molar-refractivity contribution is 0.0926. The first-order valence-electron chi connectivity index (χ1n) is 11.1. The molecule has 2 aromatic carbocycles. The van der Waals surface area contributed by atoms with Gasteiger partial charge in [0.05, 0.1) is 6.61 Å². The summed E-state index contributed by atoms with van der Waals surface area (Å²) in [5, 5.41) is 5.99. The van der Waals surface area contributed by atoms with Crippen LogP contribution in [0, 0.1) is 0 Å². The molecule has 1 fully saturated rings. The van der Waals surface area contributed by atoms with E-state index >= 15 is 0 Å². The molecule has 2 N–H and O–H groups in total. The molecule has 3 rings (SSSR count). The average Bonchev–Trinajstić information content (AvgIpc) is 2.78. The smallest absolute Gasteiger partial charge is 0.255 e. The van der Waals surface area contributed by atoms with Crippen molar-refractivity contribution in [2.24, 2.45) is 0 Å². The Kier molecular flexibility index (Phi) is 8.30. The number of benzene rings is 2. The first kappa shape index (κ1) is 21.9. The van der Waals surface area contributed by atoms with Crippen LogP contribution in [0.25, 0.3) is 0 Å². The molecule has 0 aromatic heterocycles. The van der Waals surface area contributed by atoms with Crippen LogP contribution in [0.5, 0.6) is 5.75 Å². The molecule has 0 spiro atoms. The van der Waals surface area contributed by atoms with Crippen molar-refractivity contribution in [1.29, 1.82) is 0 Å². The molecule has 0 saturated heterocycles. The van der Waals surface area contributed by atoms with Gasteiger partial charge in [0.1, 0.15) is 5.75 Å². The van der Waals surface area contributed by atoms with Gasteiger partial charge >= 0.3 is 0 Å². The Morgan fingerprint density at radius 1 is 0.933 bits per heavy atom. The Labute approximate surface area is 179 Å². The van der Waals surface area contributed by atoms with Gasteiger partial charge in [-0.1, -0.05) is 45.1 Å². The standard InChI is InChI=1S/C25H32N2O3/c1-2-3-7-17-30-23-15-13-19(14-16-23)24(28)27-22-12-8-9-20(18-22)25(29)26-21-10-5-4-6-11-21/h8-9,12-16,18,21H,2-7,10-11,17H2,1H3,(H,26,29)(H,27,28). The summed E-state index contributed by atoms with van der Waals surface area (Å²) in [5.74, 6) is 0.476. The van der Waals surface area contributed by atoms with Gasteiger partial charge < -0.3 is 15.4 Å². The van der Waals surface area contributed by atoms with E-state index in [0.29, 0.717) is 23.4 Å². The van der Waals surface area contributed by atoms with Gasteiger partial charge in [-0.15, -0.1) is 0 Å². The van der Waals surface area contributed by atoms with Gasteiger partial charge in [-0.2, -0.15) is 0 Å². The van der Waals surface area contributed by atoms with E-state index in [4.69, 9.17) is 4.74 Å². The predicted octanol–water partition coefficient (Wildman–Crippen LogP) is 5.57. The molecule has 0 atom stereocenters. The number of nitrogens with one attached hydrogen (secondary N) is 2. The number of ether oxygens (including phenoxy) is 1. The minimum atomic E-state index is -0.211. The summed E-state index contributed by atoms with van der Waals surface area (Å²) in [6.45, 7) is 2.85. The van der Waals surface area contributed by atoms with Gasteiger partial charge in [-0.05, 0) is 61.7 Å². The fourth-order valence-electron chi connectivity index (χ4n) is 3.70. The fraction of sp³-hybridized carbons (Fsp3) is 0.440. The van der Waals surface area contributed by atoms with Crippen LogP contribution in [0.4, 0.5) is 5.69 Å². The lowest BCUT2D eigenvalue weighted by atomic mass is 9.95.